The molecule has 0 aromatic carbocycles. The third-order valence-corrected chi connectivity index (χ3v) is 5.40. The highest BCUT2D eigenvalue weighted by Gasteiger charge is 2.36. The van der Waals surface area contributed by atoms with Gasteiger partial charge in [0, 0.05) is 18.6 Å². The van der Waals surface area contributed by atoms with Crippen LogP contribution in [0.3, 0.4) is 0 Å². The first-order valence-corrected chi connectivity index (χ1v) is 8.29. The van der Waals surface area contributed by atoms with E-state index in [1.165, 1.54) is 71.0 Å². The summed E-state index contributed by atoms with van der Waals surface area (Å²) < 4.78 is 0. The SMILES string of the molecule is CC1CCC(N(CC2CCNCC2)C2CC2)CC1. The van der Waals surface area contributed by atoms with Crippen molar-refractivity contribution in [1.82, 2.24) is 10.2 Å². The Morgan fingerprint density at radius 2 is 1.39 bits per heavy atom. The third kappa shape index (κ3) is 3.27. The van der Waals surface area contributed by atoms with Crippen molar-refractivity contribution in [2.45, 2.75) is 70.4 Å². The summed E-state index contributed by atoms with van der Waals surface area (Å²) in [5, 5.41) is 3.50. The fourth-order valence-electron chi connectivity index (χ4n) is 3.94. The zero-order valence-electron chi connectivity index (χ0n) is 12.0. The highest BCUT2D eigenvalue weighted by atomic mass is 15.2. The lowest BCUT2D eigenvalue weighted by atomic mass is 9.85. The zero-order valence-corrected chi connectivity index (χ0v) is 12.0. The van der Waals surface area contributed by atoms with Gasteiger partial charge in [-0.1, -0.05) is 6.92 Å². The Kier molecular flexibility index (Phi) is 4.25. The highest BCUT2D eigenvalue weighted by molar-refractivity contribution is 4.91. The Bertz CT molecular complexity index is 248. The van der Waals surface area contributed by atoms with Crippen LogP contribution >= 0.6 is 0 Å². The lowest BCUT2D eigenvalue weighted by Crippen LogP contribution is -2.44. The summed E-state index contributed by atoms with van der Waals surface area (Å²) in [7, 11) is 0. The van der Waals surface area contributed by atoms with Crippen molar-refractivity contribution < 1.29 is 0 Å². The quantitative estimate of drug-likeness (QED) is 0.825. The van der Waals surface area contributed by atoms with Crippen molar-refractivity contribution in [2.75, 3.05) is 19.6 Å². The summed E-state index contributed by atoms with van der Waals surface area (Å²) >= 11 is 0. The maximum Gasteiger partial charge on any atom is 0.00994 e. The van der Waals surface area contributed by atoms with Crippen molar-refractivity contribution >= 4 is 0 Å². The topological polar surface area (TPSA) is 15.3 Å². The van der Waals surface area contributed by atoms with E-state index in [1.807, 2.05) is 0 Å². The fraction of sp³-hybridized carbons (Fsp3) is 1.00. The first kappa shape index (κ1) is 12.9. The summed E-state index contributed by atoms with van der Waals surface area (Å²) in [6.45, 7) is 6.35. The van der Waals surface area contributed by atoms with Crippen LogP contribution in [0.1, 0.15) is 58.3 Å². The van der Waals surface area contributed by atoms with Crippen LogP contribution in [0, 0.1) is 11.8 Å². The van der Waals surface area contributed by atoms with Crippen LogP contribution in [-0.4, -0.2) is 36.6 Å². The van der Waals surface area contributed by atoms with E-state index >= 15 is 0 Å². The van der Waals surface area contributed by atoms with Gasteiger partial charge in [-0.05, 0) is 76.3 Å². The predicted molar refractivity (Wildman–Crippen MR) is 76.7 cm³/mol. The minimum Gasteiger partial charge on any atom is -0.317 e. The zero-order chi connectivity index (χ0) is 12.4. The van der Waals surface area contributed by atoms with Gasteiger partial charge >= 0.3 is 0 Å². The summed E-state index contributed by atoms with van der Waals surface area (Å²) in [5.41, 5.74) is 0. The highest BCUT2D eigenvalue weighted by Crippen LogP contribution is 2.36. The number of nitrogens with zero attached hydrogens (tertiary/aromatic N) is 1. The van der Waals surface area contributed by atoms with Crippen LogP contribution < -0.4 is 5.32 Å². The van der Waals surface area contributed by atoms with E-state index in [1.54, 1.807) is 0 Å². The summed E-state index contributed by atoms with van der Waals surface area (Å²) in [4.78, 5) is 2.93. The number of hydrogen-bond donors (Lipinski definition) is 1. The van der Waals surface area contributed by atoms with Gasteiger partial charge in [0.1, 0.15) is 0 Å². The molecule has 3 rings (SSSR count). The molecule has 0 aromatic heterocycles. The second kappa shape index (κ2) is 5.92. The predicted octanol–water partition coefficient (Wildman–Crippen LogP) is 3.03. The molecule has 3 fully saturated rings. The van der Waals surface area contributed by atoms with Crippen LogP contribution in [-0.2, 0) is 0 Å². The minimum absolute atomic E-state index is 0.934. The van der Waals surface area contributed by atoms with Gasteiger partial charge in [-0.25, -0.2) is 0 Å². The van der Waals surface area contributed by atoms with Crippen LogP contribution in [0.5, 0.6) is 0 Å². The Morgan fingerprint density at radius 1 is 0.833 bits per heavy atom. The summed E-state index contributed by atoms with van der Waals surface area (Å²) in [6, 6.07) is 1.90. The molecule has 0 radical (unpaired) electrons. The molecule has 1 aliphatic heterocycles. The van der Waals surface area contributed by atoms with Gasteiger partial charge in [-0.15, -0.1) is 0 Å². The van der Waals surface area contributed by atoms with Crippen molar-refractivity contribution in [3.8, 4) is 0 Å². The maximum absolute atomic E-state index is 3.50. The Labute approximate surface area is 113 Å². The monoisotopic (exact) mass is 250 g/mol. The van der Waals surface area contributed by atoms with Crippen molar-refractivity contribution in [2.24, 2.45) is 11.8 Å². The van der Waals surface area contributed by atoms with Crippen LogP contribution in [0.4, 0.5) is 0 Å². The first-order chi connectivity index (χ1) is 8.83. The maximum atomic E-state index is 3.50. The van der Waals surface area contributed by atoms with E-state index in [4.69, 9.17) is 0 Å². The average molecular weight is 250 g/mol. The molecule has 2 aliphatic carbocycles. The number of nitrogens with one attached hydrogen (secondary N) is 1. The van der Waals surface area contributed by atoms with E-state index in [-0.39, 0.29) is 0 Å². The van der Waals surface area contributed by atoms with E-state index in [9.17, 15) is 0 Å². The molecule has 0 aromatic rings. The van der Waals surface area contributed by atoms with Crippen molar-refractivity contribution in [3.63, 3.8) is 0 Å². The van der Waals surface area contributed by atoms with Crippen LogP contribution in [0.25, 0.3) is 0 Å². The first-order valence-electron chi connectivity index (χ1n) is 8.29. The van der Waals surface area contributed by atoms with Gasteiger partial charge in [0.05, 0.1) is 0 Å². The van der Waals surface area contributed by atoms with Gasteiger partial charge in [0.2, 0.25) is 0 Å². The minimum atomic E-state index is 0.934. The van der Waals surface area contributed by atoms with Gasteiger partial charge in [0.25, 0.3) is 0 Å². The molecule has 2 saturated carbocycles. The Morgan fingerprint density at radius 3 is 1.94 bits per heavy atom. The van der Waals surface area contributed by atoms with Gasteiger partial charge in [-0.2, -0.15) is 0 Å². The molecular formula is C16H30N2. The molecule has 1 heterocycles. The van der Waals surface area contributed by atoms with E-state index in [2.05, 4.69) is 17.1 Å². The van der Waals surface area contributed by atoms with Crippen LogP contribution in [0.15, 0.2) is 0 Å². The molecule has 104 valence electrons. The molecule has 18 heavy (non-hydrogen) atoms. The molecule has 1 N–H and O–H groups in total. The number of rotatable bonds is 4. The molecule has 0 atom stereocenters. The molecule has 0 unspecified atom stereocenters. The van der Waals surface area contributed by atoms with E-state index < -0.39 is 0 Å². The largest absolute Gasteiger partial charge is 0.317 e. The average Bonchev–Trinajstić information content (AvgIpc) is 3.23. The van der Waals surface area contributed by atoms with Crippen molar-refractivity contribution in [1.29, 1.82) is 0 Å². The van der Waals surface area contributed by atoms with Gasteiger partial charge in [0.15, 0.2) is 0 Å². The molecule has 0 spiro atoms. The standard InChI is InChI=1S/C16H30N2/c1-13-2-4-15(5-3-13)18(16-6-7-16)12-14-8-10-17-11-9-14/h13-17H,2-12H2,1H3. The second-order valence-corrected chi connectivity index (χ2v) is 7.04. The second-order valence-electron chi connectivity index (χ2n) is 7.04. The normalized spacial score (nSPS) is 35.0. The molecule has 0 bridgehead atoms. The molecule has 0 amide bonds. The van der Waals surface area contributed by atoms with Crippen molar-refractivity contribution in [3.05, 3.63) is 0 Å². The van der Waals surface area contributed by atoms with Gasteiger partial charge < -0.3 is 5.32 Å². The molecule has 2 heteroatoms. The molecule has 1 saturated heterocycles. The van der Waals surface area contributed by atoms with E-state index in [0.29, 0.717) is 0 Å². The summed E-state index contributed by atoms with van der Waals surface area (Å²) in [6.07, 6.45) is 11.7. The molecule has 3 aliphatic rings. The number of hydrogen-bond acceptors (Lipinski definition) is 2. The molecule has 2 nitrogen and oxygen atoms in total. The van der Waals surface area contributed by atoms with Gasteiger partial charge in [-0.3, -0.25) is 4.90 Å². The Balaban J connectivity index is 1.54. The lowest BCUT2D eigenvalue weighted by molar-refractivity contribution is 0.104. The summed E-state index contributed by atoms with van der Waals surface area (Å²) in [5.74, 6) is 1.97. The van der Waals surface area contributed by atoms with Crippen LogP contribution in [0.2, 0.25) is 0 Å². The Hall–Kier alpha value is -0.0800. The third-order valence-electron chi connectivity index (χ3n) is 5.40. The number of piperidine rings is 1. The van der Waals surface area contributed by atoms with E-state index in [0.717, 1.165) is 23.9 Å². The fourth-order valence-corrected chi connectivity index (χ4v) is 3.94. The smallest absolute Gasteiger partial charge is 0.00994 e. The lowest BCUT2D eigenvalue weighted by Gasteiger charge is -2.39. The molecular weight excluding hydrogens is 220 g/mol.